The highest BCUT2D eigenvalue weighted by molar-refractivity contribution is 5.44. The Morgan fingerprint density at radius 2 is 2.25 bits per heavy atom. The Kier molecular flexibility index (Phi) is 3.61. The van der Waals surface area contributed by atoms with Crippen LogP contribution in [0.15, 0.2) is 23.3 Å². The Balaban J connectivity index is 1.85. The molecule has 3 rings (SSSR count). The van der Waals surface area contributed by atoms with E-state index in [1.165, 1.54) is 12.8 Å². The molecule has 0 saturated heterocycles. The quantitative estimate of drug-likeness (QED) is 0.870. The van der Waals surface area contributed by atoms with E-state index in [4.69, 9.17) is 0 Å². The maximum atomic E-state index is 12.5. The minimum atomic E-state index is 0.0528. The van der Waals surface area contributed by atoms with Crippen molar-refractivity contribution in [1.82, 2.24) is 19.5 Å². The zero-order valence-corrected chi connectivity index (χ0v) is 12.2. The van der Waals surface area contributed by atoms with Crippen LogP contribution in [0.4, 0.5) is 0 Å². The van der Waals surface area contributed by atoms with Crippen molar-refractivity contribution in [2.24, 2.45) is 5.92 Å². The summed E-state index contributed by atoms with van der Waals surface area (Å²) in [5.74, 6) is 0.733. The average molecular weight is 274 g/mol. The van der Waals surface area contributed by atoms with Crippen LogP contribution >= 0.6 is 0 Å². The molecule has 0 aliphatic heterocycles. The van der Waals surface area contributed by atoms with E-state index in [1.807, 2.05) is 30.0 Å². The molecule has 1 N–H and O–H groups in total. The van der Waals surface area contributed by atoms with Crippen LogP contribution in [0.5, 0.6) is 0 Å². The van der Waals surface area contributed by atoms with E-state index in [9.17, 15) is 4.79 Å². The second kappa shape index (κ2) is 5.40. The summed E-state index contributed by atoms with van der Waals surface area (Å²) in [6.07, 6.45) is 7.41. The van der Waals surface area contributed by atoms with Gasteiger partial charge in [-0.15, -0.1) is 0 Å². The SMILES string of the molecule is CCCNC(Cn1ccn2nc(C)cc2c1=O)C1CC1. The van der Waals surface area contributed by atoms with Crippen LogP contribution in [-0.2, 0) is 6.54 Å². The number of nitrogens with one attached hydrogen (secondary N) is 1. The molecule has 0 amide bonds. The summed E-state index contributed by atoms with van der Waals surface area (Å²) in [5, 5.41) is 7.86. The smallest absolute Gasteiger partial charge is 0.276 e. The van der Waals surface area contributed by atoms with E-state index < -0.39 is 0 Å². The van der Waals surface area contributed by atoms with E-state index >= 15 is 0 Å². The van der Waals surface area contributed by atoms with Crippen LogP contribution in [0.2, 0.25) is 0 Å². The minimum absolute atomic E-state index is 0.0528. The summed E-state index contributed by atoms with van der Waals surface area (Å²) >= 11 is 0. The van der Waals surface area contributed by atoms with E-state index in [0.29, 0.717) is 11.6 Å². The molecule has 2 aromatic rings. The van der Waals surface area contributed by atoms with Gasteiger partial charge in [0, 0.05) is 25.0 Å². The molecule has 1 unspecified atom stereocenters. The van der Waals surface area contributed by atoms with Crippen LogP contribution in [0.25, 0.3) is 5.52 Å². The lowest BCUT2D eigenvalue weighted by Gasteiger charge is -2.19. The topological polar surface area (TPSA) is 51.3 Å². The molecule has 20 heavy (non-hydrogen) atoms. The molecule has 0 spiro atoms. The van der Waals surface area contributed by atoms with Crippen molar-refractivity contribution < 1.29 is 0 Å². The first-order valence-corrected chi connectivity index (χ1v) is 7.48. The van der Waals surface area contributed by atoms with Crippen molar-refractivity contribution in [2.75, 3.05) is 6.54 Å². The predicted molar refractivity (Wildman–Crippen MR) is 79.0 cm³/mol. The molecule has 1 atom stereocenters. The molecule has 1 aliphatic carbocycles. The summed E-state index contributed by atoms with van der Waals surface area (Å²) < 4.78 is 3.49. The fourth-order valence-corrected chi connectivity index (χ4v) is 2.71. The van der Waals surface area contributed by atoms with Crippen molar-refractivity contribution in [3.63, 3.8) is 0 Å². The summed E-state index contributed by atoms with van der Waals surface area (Å²) in [5.41, 5.74) is 1.59. The van der Waals surface area contributed by atoms with Gasteiger partial charge >= 0.3 is 0 Å². The number of aryl methyl sites for hydroxylation is 1. The van der Waals surface area contributed by atoms with Crippen molar-refractivity contribution >= 4 is 5.52 Å². The maximum absolute atomic E-state index is 12.5. The highest BCUT2D eigenvalue weighted by atomic mass is 16.1. The van der Waals surface area contributed by atoms with Gasteiger partial charge in [-0.1, -0.05) is 6.92 Å². The monoisotopic (exact) mass is 274 g/mol. The molecule has 2 heterocycles. The summed E-state index contributed by atoms with van der Waals surface area (Å²) in [7, 11) is 0. The van der Waals surface area contributed by atoms with Gasteiger partial charge in [0.15, 0.2) is 0 Å². The van der Waals surface area contributed by atoms with Crippen molar-refractivity contribution in [3.8, 4) is 0 Å². The average Bonchev–Trinajstić information content (AvgIpc) is 3.19. The second-order valence-corrected chi connectivity index (χ2v) is 5.77. The van der Waals surface area contributed by atoms with Gasteiger partial charge in [-0.2, -0.15) is 5.10 Å². The summed E-state index contributed by atoms with van der Waals surface area (Å²) in [4.78, 5) is 12.5. The Morgan fingerprint density at radius 1 is 1.45 bits per heavy atom. The minimum Gasteiger partial charge on any atom is -0.312 e. The van der Waals surface area contributed by atoms with E-state index in [2.05, 4.69) is 17.3 Å². The fraction of sp³-hybridized carbons (Fsp3) is 0.600. The van der Waals surface area contributed by atoms with Gasteiger partial charge in [-0.25, -0.2) is 4.52 Å². The molecule has 5 heteroatoms. The zero-order valence-electron chi connectivity index (χ0n) is 12.2. The summed E-state index contributed by atoms with van der Waals surface area (Å²) in [6.45, 7) is 5.85. The summed E-state index contributed by atoms with van der Waals surface area (Å²) in [6, 6.07) is 2.27. The predicted octanol–water partition coefficient (Wildman–Crippen LogP) is 1.58. The van der Waals surface area contributed by atoms with Gasteiger partial charge in [0.05, 0.1) is 5.69 Å². The third-order valence-electron chi connectivity index (χ3n) is 3.97. The first kappa shape index (κ1) is 13.4. The van der Waals surface area contributed by atoms with Crippen molar-refractivity contribution in [2.45, 2.75) is 45.7 Å². The van der Waals surface area contributed by atoms with E-state index in [1.54, 1.807) is 4.52 Å². The van der Waals surface area contributed by atoms with Gasteiger partial charge in [0.2, 0.25) is 0 Å². The molecular formula is C15H22N4O. The number of nitrogens with zero attached hydrogens (tertiary/aromatic N) is 3. The van der Waals surface area contributed by atoms with Crippen molar-refractivity contribution in [3.05, 3.63) is 34.5 Å². The van der Waals surface area contributed by atoms with Crippen LogP contribution in [0.1, 0.15) is 31.9 Å². The molecular weight excluding hydrogens is 252 g/mol. The number of hydrogen-bond donors (Lipinski definition) is 1. The molecule has 0 aromatic carbocycles. The molecule has 2 aromatic heterocycles. The first-order valence-electron chi connectivity index (χ1n) is 7.48. The highest BCUT2D eigenvalue weighted by Gasteiger charge is 2.31. The number of fused-ring (bicyclic) bond motifs is 1. The Bertz CT molecular complexity index is 653. The number of hydrogen-bond acceptors (Lipinski definition) is 3. The van der Waals surface area contributed by atoms with E-state index in [-0.39, 0.29) is 5.56 Å². The lowest BCUT2D eigenvalue weighted by molar-refractivity contribution is 0.402. The lowest BCUT2D eigenvalue weighted by atomic mass is 10.1. The van der Waals surface area contributed by atoms with Gasteiger partial charge in [0.25, 0.3) is 5.56 Å². The van der Waals surface area contributed by atoms with Crippen LogP contribution in [0.3, 0.4) is 0 Å². The van der Waals surface area contributed by atoms with Crippen LogP contribution in [-0.4, -0.2) is 26.8 Å². The lowest BCUT2D eigenvalue weighted by Crippen LogP contribution is -2.38. The molecule has 1 fully saturated rings. The van der Waals surface area contributed by atoms with Gasteiger partial charge in [-0.3, -0.25) is 4.79 Å². The molecule has 1 aliphatic rings. The standard InChI is InChI=1S/C15H22N4O/c1-3-6-16-13(12-4-5-12)10-18-7-8-19-14(15(18)20)9-11(2)17-19/h7-9,12-13,16H,3-6,10H2,1-2H3. The van der Waals surface area contributed by atoms with Gasteiger partial charge in [0.1, 0.15) is 5.52 Å². The zero-order chi connectivity index (χ0) is 14.1. The van der Waals surface area contributed by atoms with Gasteiger partial charge < -0.3 is 9.88 Å². The molecule has 0 bridgehead atoms. The Hall–Kier alpha value is -1.62. The second-order valence-electron chi connectivity index (χ2n) is 5.77. The molecule has 1 saturated carbocycles. The van der Waals surface area contributed by atoms with Gasteiger partial charge in [-0.05, 0) is 44.7 Å². The van der Waals surface area contributed by atoms with E-state index in [0.717, 1.165) is 31.1 Å². The molecule has 0 radical (unpaired) electrons. The fourth-order valence-electron chi connectivity index (χ4n) is 2.71. The Labute approximate surface area is 118 Å². The van der Waals surface area contributed by atoms with Crippen molar-refractivity contribution in [1.29, 1.82) is 0 Å². The Morgan fingerprint density at radius 3 is 2.95 bits per heavy atom. The molecule has 5 nitrogen and oxygen atoms in total. The number of rotatable bonds is 6. The first-order chi connectivity index (χ1) is 9.69. The maximum Gasteiger partial charge on any atom is 0.276 e. The van der Waals surface area contributed by atoms with Crippen LogP contribution in [0, 0.1) is 12.8 Å². The molecule has 108 valence electrons. The largest absolute Gasteiger partial charge is 0.312 e. The number of aromatic nitrogens is 3. The van der Waals surface area contributed by atoms with Crippen LogP contribution < -0.4 is 10.9 Å². The third kappa shape index (κ3) is 2.63. The normalized spacial score (nSPS) is 16.7. The third-order valence-corrected chi connectivity index (χ3v) is 3.97. The highest BCUT2D eigenvalue weighted by Crippen LogP contribution is 2.33.